The van der Waals surface area contributed by atoms with Crippen molar-refractivity contribution in [3.05, 3.63) is 54.5 Å². The summed E-state index contributed by atoms with van der Waals surface area (Å²) in [5.74, 6) is 0.622. The molecule has 0 bridgehead atoms. The van der Waals surface area contributed by atoms with Gasteiger partial charge in [0.05, 0.1) is 18.5 Å². The van der Waals surface area contributed by atoms with Crippen LogP contribution in [0.2, 0.25) is 0 Å². The van der Waals surface area contributed by atoms with Crippen molar-refractivity contribution in [2.45, 2.75) is 31.1 Å². The lowest BCUT2D eigenvalue weighted by atomic mass is 10.1. The molecule has 8 heteroatoms. The van der Waals surface area contributed by atoms with Crippen LogP contribution in [-0.2, 0) is 11.3 Å². The highest BCUT2D eigenvalue weighted by molar-refractivity contribution is 5.85. The third kappa shape index (κ3) is 2.93. The van der Waals surface area contributed by atoms with Crippen molar-refractivity contribution >= 4 is 16.9 Å². The molecule has 0 spiro atoms. The molecule has 26 heavy (non-hydrogen) atoms. The van der Waals surface area contributed by atoms with Gasteiger partial charge in [0.1, 0.15) is 23.8 Å². The first kappa shape index (κ1) is 16.9. The van der Waals surface area contributed by atoms with E-state index in [0.717, 1.165) is 5.56 Å². The smallest absolute Gasteiger partial charge is 0.164 e. The minimum absolute atomic E-state index is 0.368. The minimum Gasteiger partial charge on any atom is -0.394 e. The number of hydrogen-bond donors (Lipinski definition) is 4. The van der Waals surface area contributed by atoms with Gasteiger partial charge < -0.3 is 29.9 Å². The van der Waals surface area contributed by atoms with E-state index in [1.54, 1.807) is 23.2 Å². The molecule has 3 unspecified atom stereocenters. The van der Waals surface area contributed by atoms with E-state index in [2.05, 4.69) is 15.3 Å². The number of anilines is 1. The Morgan fingerprint density at radius 3 is 2.62 bits per heavy atom. The molecule has 4 atom stereocenters. The van der Waals surface area contributed by atoms with E-state index < -0.39 is 24.5 Å². The second kappa shape index (κ2) is 7.00. The van der Waals surface area contributed by atoms with Crippen LogP contribution in [-0.4, -0.2) is 54.8 Å². The molecule has 136 valence electrons. The SMILES string of the molecule is OCC1O[C@H](n2cnc3c(NCc4ccccc4)nccc32)C(O)C1O. The molecular weight excluding hydrogens is 336 g/mol. The maximum absolute atomic E-state index is 10.2. The summed E-state index contributed by atoms with van der Waals surface area (Å²) in [6.07, 6.45) is -0.768. The van der Waals surface area contributed by atoms with Crippen molar-refractivity contribution in [3.8, 4) is 0 Å². The topological polar surface area (TPSA) is 113 Å². The van der Waals surface area contributed by atoms with E-state index in [0.29, 0.717) is 23.4 Å². The quantitative estimate of drug-likeness (QED) is 0.531. The first-order valence-corrected chi connectivity index (χ1v) is 8.41. The largest absolute Gasteiger partial charge is 0.394 e. The van der Waals surface area contributed by atoms with Gasteiger partial charge in [-0.15, -0.1) is 0 Å². The molecule has 8 nitrogen and oxygen atoms in total. The Hall–Kier alpha value is -2.52. The van der Waals surface area contributed by atoms with Crippen molar-refractivity contribution in [3.63, 3.8) is 0 Å². The maximum Gasteiger partial charge on any atom is 0.164 e. The fourth-order valence-electron chi connectivity index (χ4n) is 3.19. The molecule has 0 saturated carbocycles. The molecule has 4 rings (SSSR count). The van der Waals surface area contributed by atoms with Gasteiger partial charge in [0.2, 0.25) is 0 Å². The summed E-state index contributed by atoms with van der Waals surface area (Å²) in [5.41, 5.74) is 2.47. The third-order valence-corrected chi connectivity index (χ3v) is 4.59. The van der Waals surface area contributed by atoms with Crippen LogP contribution >= 0.6 is 0 Å². The van der Waals surface area contributed by atoms with Crippen LogP contribution in [0.1, 0.15) is 11.8 Å². The molecule has 0 aliphatic carbocycles. The zero-order valence-corrected chi connectivity index (χ0v) is 13.9. The van der Waals surface area contributed by atoms with Crippen LogP contribution in [0.25, 0.3) is 11.0 Å². The molecule has 1 saturated heterocycles. The average Bonchev–Trinajstić information content (AvgIpc) is 3.23. The van der Waals surface area contributed by atoms with E-state index in [1.165, 1.54) is 0 Å². The highest BCUT2D eigenvalue weighted by atomic mass is 16.6. The molecule has 3 aromatic rings. The predicted molar refractivity (Wildman–Crippen MR) is 94.3 cm³/mol. The molecule has 0 radical (unpaired) electrons. The Morgan fingerprint density at radius 2 is 1.88 bits per heavy atom. The molecule has 3 heterocycles. The van der Waals surface area contributed by atoms with E-state index in [9.17, 15) is 15.3 Å². The minimum atomic E-state index is -1.15. The van der Waals surface area contributed by atoms with Crippen molar-refractivity contribution < 1.29 is 20.1 Å². The van der Waals surface area contributed by atoms with E-state index in [1.807, 2.05) is 30.3 Å². The number of aromatic nitrogens is 3. The Bertz CT molecular complexity index is 885. The van der Waals surface area contributed by atoms with E-state index in [-0.39, 0.29) is 6.61 Å². The Labute approximate surface area is 149 Å². The van der Waals surface area contributed by atoms with Gasteiger partial charge >= 0.3 is 0 Å². The zero-order valence-electron chi connectivity index (χ0n) is 13.9. The van der Waals surface area contributed by atoms with Crippen LogP contribution in [0.5, 0.6) is 0 Å². The normalized spacial score (nSPS) is 25.7. The van der Waals surface area contributed by atoms with Gasteiger partial charge in [-0.2, -0.15) is 0 Å². The number of hydrogen-bond acceptors (Lipinski definition) is 7. The number of aliphatic hydroxyl groups excluding tert-OH is 3. The zero-order chi connectivity index (χ0) is 18.1. The molecule has 1 aromatic carbocycles. The van der Waals surface area contributed by atoms with Gasteiger partial charge in [-0.05, 0) is 11.6 Å². The van der Waals surface area contributed by atoms with Crippen molar-refractivity contribution in [1.29, 1.82) is 0 Å². The monoisotopic (exact) mass is 356 g/mol. The number of fused-ring (bicyclic) bond motifs is 1. The number of benzene rings is 1. The Balaban J connectivity index is 1.61. The Kier molecular flexibility index (Phi) is 4.56. The van der Waals surface area contributed by atoms with Crippen molar-refractivity contribution in [1.82, 2.24) is 14.5 Å². The molecular formula is C18H20N4O4. The number of nitrogens with zero attached hydrogens (tertiary/aromatic N) is 3. The molecule has 1 aliphatic heterocycles. The van der Waals surface area contributed by atoms with Crippen LogP contribution in [0.3, 0.4) is 0 Å². The summed E-state index contributed by atoms with van der Waals surface area (Å²) in [5, 5.41) is 32.7. The lowest BCUT2D eigenvalue weighted by molar-refractivity contribution is -0.0508. The molecule has 4 N–H and O–H groups in total. The fraction of sp³-hybridized carbons (Fsp3) is 0.333. The summed E-state index contributed by atoms with van der Waals surface area (Å²) in [4.78, 5) is 8.74. The van der Waals surface area contributed by atoms with E-state index >= 15 is 0 Å². The second-order valence-corrected chi connectivity index (χ2v) is 6.25. The number of aliphatic hydroxyl groups is 3. The predicted octanol–water partition coefficient (Wildman–Crippen LogP) is 0.655. The summed E-state index contributed by atoms with van der Waals surface area (Å²) < 4.78 is 7.24. The highest BCUT2D eigenvalue weighted by Crippen LogP contribution is 2.32. The van der Waals surface area contributed by atoms with E-state index in [4.69, 9.17) is 4.74 Å². The number of nitrogens with one attached hydrogen (secondary N) is 1. The highest BCUT2D eigenvalue weighted by Gasteiger charge is 2.43. The number of imidazole rings is 1. The van der Waals surface area contributed by atoms with Crippen LogP contribution in [0.15, 0.2) is 48.9 Å². The first-order valence-electron chi connectivity index (χ1n) is 8.41. The second-order valence-electron chi connectivity index (χ2n) is 6.25. The lowest BCUT2D eigenvalue weighted by Gasteiger charge is -2.17. The lowest BCUT2D eigenvalue weighted by Crippen LogP contribution is -2.33. The summed E-state index contributed by atoms with van der Waals surface area (Å²) in [6, 6.07) is 11.7. The van der Waals surface area contributed by atoms with Crippen LogP contribution < -0.4 is 5.32 Å². The van der Waals surface area contributed by atoms with Crippen LogP contribution in [0, 0.1) is 0 Å². The Morgan fingerprint density at radius 1 is 1.08 bits per heavy atom. The van der Waals surface area contributed by atoms with Gasteiger partial charge in [-0.25, -0.2) is 9.97 Å². The molecule has 2 aromatic heterocycles. The summed E-state index contributed by atoms with van der Waals surface area (Å²) in [7, 11) is 0. The molecule has 1 fully saturated rings. The summed E-state index contributed by atoms with van der Waals surface area (Å²) in [6.45, 7) is 0.237. The van der Waals surface area contributed by atoms with Crippen molar-refractivity contribution in [2.24, 2.45) is 0 Å². The van der Waals surface area contributed by atoms with Gasteiger partial charge in [-0.3, -0.25) is 0 Å². The fourth-order valence-corrected chi connectivity index (χ4v) is 3.19. The molecule has 0 amide bonds. The number of pyridine rings is 1. The maximum atomic E-state index is 10.2. The van der Waals surface area contributed by atoms with Crippen molar-refractivity contribution in [2.75, 3.05) is 11.9 Å². The third-order valence-electron chi connectivity index (χ3n) is 4.59. The average molecular weight is 356 g/mol. The van der Waals surface area contributed by atoms with Gasteiger partial charge in [0.15, 0.2) is 12.0 Å². The van der Waals surface area contributed by atoms with Gasteiger partial charge in [0, 0.05) is 12.7 Å². The summed E-state index contributed by atoms with van der Waals surface area (Å²) >= 11 is 0. The van der Waals surface area contributed by atoms with Crippen LogP contribution in [0.4, 0.5) is 5.82 Å². The standard InChI is InChI=1S/C18H20N4O4/c23-9-13-15(24)16(25)18(26-13)22-10-21-14-12(22)6-7-19-17(14)20-8-11-4-2-1-3-5-11/h1-7,10,13,15-16,18,23-25H,8-9H2,(H,19,20)/t13?,15?,16?,18-/m0/s1. The first-order chi connectivity index (χ1) is 12.7. The van der Waals surface area contributed by atoms with Gasteiger partial charge in [0.25, 0.3) is 0 Å². The van der Waals surface area contributed by atoms with Gasteiger partial charge in [-0.1, -0.05) is 30.3 Å². The number of rotatable bonds is 5. The number of ether oxygens (including phenoxy) is 1. The molecule has 1 aliphatic rings.